The summed E-state index contributed by atoms with van der Waals surface area (Å²) >= 11 is 6.07. The number of carbonyl (C=O) groups is 2. The summed E-state index contributed by atoms with van der Waals surface area (Å²) in [5.41, 5.74) is 3.56. The number of para-hydroxylation sites is 1. The van der Waals surface area contributed by atoms with Crippen LogP contribution in [-0.4, -0.2) is 18.9 Å². The standard InChI is InChI=1S/C24H19ClN2O2/c1-16-15-18(25)13-14-20(16)27-23(28)21(17-9-5-3-6-10-17)22(24(27)29)26(2)19-11-7-4-8-12-19/h3-15H,1-2H3. The monoisotopic (exact) mass is 402 g/mol. The summed E-state index contributed by atoms with van der Waals surface area (Å²) in [6, 6.07) is 24.0. The molecule has 0 unspecified atom stereocenters. The molecular weight excluding hydrogens is 384 g/mol. The maximum absolute atomic E-state index is 13.5. The van der Waals surface area contributed by atoms with Crippen LogP contribution in [0.5, 0.6) is 0 Å². The molecule has 3 aromatic rings. The number of halogens is 1. The second kappa shape index (κ2) is 7.57. The molecule has 3 aromatic carbocycles. The number of amides is 2. The van der Waals surface area contributed by atoms with Gasteiger partial charge < -0.3 is 4.90 Å². The summed E-state index contributed by atoms with van der Waals surface area (Å²) in [7, 11) is 1.80. The number of likely N-dealkylation sites (N-methyl/N-ethyl adjacent to an activating group) is 1. The minimum atomic E-state index is -0.356. The van der Waals surface area contributed by atoms with Gasteiger partial charge in [0.1, 0.15) is 5.70 Å². The van der Waals surface area contributed by atoms with Gasteiger partial charge >= 0.3 is 0 Å². The molecule has 2 amide bonds. The van der Waals surface area contributed by atoms with Crippen LogP contribution in [0.15, 0.2) is 84.6 Å². The Bertz CT molecular complexity index is 1120. The number of hydrogen-bond donors (Lipinski definition) is 0. The third kappa shape index (κ3) is 3.32. The summed E-state index contributed by atoms with van der Waals surface area (Å²) in [4.78, 5) is 30.0. The molecule has 5 heteroatoms. The van der Waals surface area contributed by atoms with E-state index in [4.69, 9.17) is 11.6 Å². The molecule has 0 aliphatic carbocycles. The molecule has 1 heterocycles. The highest BCUT2D eigenvalue weighted by Gasteiger charge is 2.42. The minimum Gasteiger partial charge on any atom is -0.339 e. The lowest BCUT2D eigenvalue weighted by Gasteiger charge is -2.22. The van der Waals surface area contributed by atoms with Crippen LogP contribution in [0.1, 0.15) is 11.1 Å². The highest BCUT2D eigenvalue weighted by atomic mass is 35.5. The Labute approximate surface area is 174 Å². The van der Waals surface area contributed by atoms with Gasteiger partial charge in [-0.05, 0) is 48.4 Å². The lowest BCUT2D eigenvalue weighted by atomic mass is 10.0. The Morgan fingerprint density at radius 1 is 0.828 bits per heavy atom. The average Bonchev–Trinajstić information content (AvgIpc) is 2.99. The summed E-state index contributed by atoms with van der Waals surface area (Å²) in [6.45, 7) is 1.84. The number of nitrogens with zero attached hydrogens (tertiary/aromatic N) is 2. The number of aryl methyl sites for hydroxylation is 1. The maximum Gasteiger partial charge on any atom is 0.282 e. The summed E-state index contributed by atoms with van der Waals surface area (Å²) in [5, 5.41) is 0.559. The second-order valence-corrected chi connectivity index (χ2v) is 7.30. The van der Waals surface area contributed by atoms with E-state index in [-0.39, 0.29) is 11.8 Å². The normalized spacial score (nSPS) is 14.0. The van der Waals surface area contributed by atoms with Crippen molar-refractivity contribution in [3.05, 3.63) is 101 Å². The van der Waals surface area contributed by atoms with E-state index < -0.39 is 0 Å². The van der Waals surface area contributed by atoms with Crippen LogP contribution in [0.4, 0.5) is 11.4 Å². The molecule has 0 bridgehead atoms. The largest absolute Gasteiger partial charge is 0.339 e. The van der Waals surface area contributed by atoms with Crippen LogP contribution < -0.4 is 9.80 Å². The second-order valence-electron chi connectivity index (χ2n) is 6.86. The quantitative estimate of drug-likeness (QED) is 0.572. The Kier molecular flexibility index (Phi) is 4.95. The molecule has 4 rings (SSSR count). The van der Waals surface area contributed by atoms with Gasteiger partial charge in [-0.15, -0.1) is 0 Å². The molecule has 29 heavy (non-hydrogen) atoms. The van der Waals surface area contributed by atoms with Crippen molar-refractivity contribution in [2.24, 2.45) is 0 Å². The van der Waals surface area contributed by atoms with E-state index in [0.717, 1.165) is 11.3 Å². The van der Waals surface area contributed by atoms with Gasteiger partial charge in [0.2, 0.25) is 0 Å². The molecule has 144 valence electrons. The topological polar surface area (TPSA) is 40.6 Å². The molecule has 0 saturated heterocycles. The first-order chi connectivity index (χ1) is 14.0. The fourth-order valence-corrected chi connectivity index (χ4v) is 3.79. The predicted octanol–water partition coefficient (Wildman–Crippen LogP) is 5.07. The fourth-order valence-electron chi connectivity index (χ4n) is 3.56. The third-order valence-electron chi connectivity index (χ3n) is 5.00. The maximum atomic E-state index is 13.5. The van der Waals surface area contributed by atoms with Crippen molar-refractivity contribution in [3.8, 4) is 0 Å². The Hall–Kier alpha value is -3.37. The summed E-state index contributed by atoms with van der Waals surface area (Å²) < 4.78 is 0. The molecule has 0 aromatic heterocycles. The molecule has 0 radical (unpaired) electrons. The summed E-state index contributed by atoms with van der Waals surface area (Å²) in [6.07, 6.45) is 0. The van der Waals surface area contributed by atoms with Crippen molar-refractivity contribution in [3.63, 3.8) is 0 Å². The zero-order valence-electron chi connectivity index (χ0n) is 16.1. The number of rotatable bonds is 4. The molecule has 0 N–H and O–H groups in total. The number of anilines is 2. The Balaban J connectivity index is 1.89. The predicted molar refractivity (Wildman–Crippen MR) is 117 cm³/mol. The smallest absolute Gasteiger partial charge is 0.282 e. The first-order valence-corrected chi connectivity index (χ1v) is 9.60. The van der Waals surface area contributed by atoms with Crippen molar-refractivity contribution >= 4 is 40.4 Å². The lowest BCUT2D eigenvalue weighted by molar-refractivity contribution is -0.120. The van der Waals surface area contributed by atoms with E-state index in [9.17, 15) is 9.59 Å². The SMILES string of the molecule is Cc1cc(Cl)ccc1N1C(=O)C(c2ccccc2)=C(N(C)c2ccccc2)C1=O. The van der Waals surface area contributed by atoms with E-state index in [1.807, 2.05) is 67.6 Å². The average molecular weight is 403 g/mol. The van der Waals surface area contributed by atoms with Crippen molar-refractivity contribution in [1.82, 2.24) is 0 Å². The van der Waals surface area contributed by atoms with Gasteiger partial charge in [0.15, 0.2) is 0 Å². The van der Waals surface area contributed by atoms with Gasteiger partial charge in [-0.25, -0.2) is 4.90 Å². The zero-order valence-corrected chi connectivity index (χ0v) is 16.9. The molecular formula is C24H19ClN2O2. The van der Waals surface area contributed by atoms with Crippen LogP contribution in [0.2, 0.25) is 5.02 Å². The Morgan fingerprint density at radius 2 is 1.45 bits per heavy atom. The molecule has 0 saturated carbocycles. The number of hydrogen-bond acceptors (Lipinski definition) is 3. The van der Waals surface area contributed by atoms with Gasteiger partial charge in [-0.2, -0.15) is 0 Å². The van der Waals surface area contributed by atoms with Gasteiger partial charge in [-0.3, -0.25) is 9.59 Å². The molecule has 1 aliphatic heterocycles. The van der Waals surface area contributed by atoms with Crippen LogP contribution in [0.3, 0.4) is 0 Å². The van der Waals surface area contributed by atoms with Gasteiger partial charge in [-0.1, -0.05) is 60.1 Å². The highest BCUT2D eigenvalue weighted by molar-refractivity contribution is 6.46. The molecule has 0 fully saturated rings. The molecule has 0 spiro atoms. The van der Waals surface area contributed by atoms with Crippen LogP contribution in [0.25, 0.3) is 5.57 Å². The fraction of sp³-hybridized carbons (Fsp3) is 0.0833. The van der Waals surface area contributed by atoms with Crippen LogP contribution in [-0.2, 0) is 9.59 Å². The van der Waals surface area contributed by atoms with E-state index in [2.05, 4.69) is 0 Å². The van der Waals surface area contributed by atoms with Crippen LogP contribution >= 0.6 is 11.6 Å². The van der Waals surface area contributed by atoms with E-state index in [1.54, 1.807) is 30.1 Å². The first kappa shape index (κ1) is 19.0. The van der Waals surface area contributed by atoms with E-state index in [0.29, 0.717) is 27.5 Å². The first-order valence-electron chi connectivity index (χ1n) is 9.22. The van der Waals surface area contributed by atoms with Gasteiger partial charge in [0, 0.05) is 17.8 Å². The van der Waals surface area contributed by atoms with Crippen molar-refractivity contribution < 1.29 is 9.59 Å². The lowest BCUT2D eigenvalue weighted by Crippen LogP contribution is -2.34. The minimum absolute atomic E-state index is 0.343. The van der Waals surface area contributed by atoms with Crippen LogP contribution in [0, 0.1) is 6.92 Å². The van der Waals surface area contributed by atoms with E-state index in [1.165, 1.54) is 4.90 Å². The van der Waals surface area contributed by atoms with E-state index >= 15 is 0 Å². The zero-order chi connectivity index (χ0) is 20.5. The van der Waals surface area contributed by atoms with Crippen molar-refractivity contribution in [2.45, 2.75) is 6.92 Å². The molecule has 1 aliphatic rings. The van der Waals surface area contributed by atoms with Crippen molar-refractivity contribution in [2.75, 3.05) is 16.8 Å². The van der Waals surface area contributed by atoms with Crippen molar-refractivity contribution in [1.29, 1.82) is 0 Å². The van der Waals surface area contributed by atoms with Gasteiger partial charge in [0.25, 0.3) is 11.8 Å². The number of carbonyl (C=O) groups excluding carboxylic acids is 2. The number of benzene rings is 3. The molecule has 0 atom stereocenters. The molecule has 4 nitrogen and oxygen atoms in total. The Morgan fingerprint density at radius 3 is 2.07 bits per heavy atom. The number of imide groups is 1. The van der Waals surface area contributed by atoms with Gasteiger partial charge in [0.05, 0.1) is 11.3 Å². The third-order valence-corrected chi connectivity index (χ3v) is 5.24. The highest BCUT2D eigenvalue weighted by Crippen LogP contribution is 2.37. The summed E-state index contributed by atoms with van der Waals surface area (Å²) in [5.74, 6) is -0.699.